The zero-order chi connectivity index (χ0) is 9.47. The van der Waals surface area contributed by atoms with Crippen LogP contribution in [-0.2, 0) is 10.3 Å². The van der Waals surface area contributed by atoms with Gasteiger partial charge in [0.05, 0.1) is 18.8 Å². The van der Waals surface area contributed by atoms with Crippen molar-refractivity contribution in [3.8, 4) is 0 Å². The van der Waals surface area contributed by atoms with Gasteiger partial charge >= 0.3 is 0 Å². The van der Waals surface area contributed by atoms with Crippen molar-refractivity contribution >= 4 is 23.2 Å². The van der Waals surface area contributed by atoms with Gasteiger partial charge in [-0.25, -0.2) is 0 Å². The van der Waals surface area contributed by atoms with Crippen LogP contribution in [0.5, 0.6) is 0 Å². The molecule has 0 atom stereocenters. The Kier molecular flexibility index (Phi) is 2.24. The molecule has 1 fully saturated rings. The van der Waals surface area contributed by atoms with E-state index in [0.717, 1.165) is 5.56 Å². The zero-order valence-corrected chi connectivity index (χ0v) is 8.40. The minimum Gasteiger partial charge on any atom is -0.377 e. The number of halogens is 2. The summed E-state index contributed by atoms with van der Waals surface area (Å²) in [6, 6.07) is 5.30. The van der Waals surface area contributed by atoms with Crippen molar-refractivity contribution in [2.75, 3.05) is 13.2 Å². The monoisotopic (exact) mass is 217 g/mol. The number of ether oxygens (including phenoxy) is 1. The topological polar surface area (TPSA) is 35.2 Å². The Labute approximate surface area is 86.6 Å². The molecular formula is C9H9Cl2NO. The molecule has 70 valence electrons. The van der Waals surface area contributed by atoms with Gasteiger partial charge in [0.15, 0.2) is 0 Å². The molecule has 0 spiro atoms. The van der Waals surface area contributed by atoms with Crippen molar-refractivity contribution in [3.05, 3.63) is 33.8 Å². The van der Waals surface area contributed by atoms with Crippen molar-refractivity contribution in [3.63, 3.8) is 0 Å². The van der Waals surface area contributed by atoms with E-state index in [1.165, 1.54) is 0 Å². The molecule has 0 amide bonds. The van der Waals surface area contributed by atoms with Crippen LogP contribution in [0.2, 0.25) is 10.0 Å². The van der Waals surface area contributed by atoms with Crippen molar-refractivity contribution in [1.82, 2.24) is 0 Å². The van der Waals surface area contributed by atoms with Crippen molar-refractivity contribution in [2.24, 2.45) is 5.73 Å². The molecule has 0 unspecified atom stereocenters. The molecule has 2 N–H and O–H groups in total. The van der Waals surface area contributed by atoms with Gasteiger partial charge in [-0.2, -0.15) is 0 Å². The summed E-state index contributed by atoms with van der Waals surface area (Å²) >= 11 is 11.8. The predicted molar refractivity (Wildman–Crippen MR) is 53.1 cm³/mol. The van der Waals surface area contributed by atoms with E-state index in [1.54, 1.807) is 18.2 Å². The smallest absolute Gasteiger partial charge is 0.0898 e. The van der Waals surface area contributed by atoms with E-state index in [2.05, 4.69) is 0 Å². The lowest BCUT2D eigenvalue weighted by molar-refractivity contribution is -0.0568. The molecule has 0 aliphatic carbocycles. The summed E-state index contributed by atoms with van der Waals surface area (Å²) in [6.45, 7) is 1.01. The first-order valence-electron chi connectivity index (χ1n) is 3.94. The number of hydrogen-bond donors (Lipinski definition) is 1. The minimum atomic E-state index is -0.442. The van der Waals surface area contributed by atoms with Gasteiger partial charge in [0.25, 0.3) is 0 Å². The summed E-state index contributed by atoms with van der Waals surface area (Å²) < 4.78 is 5.06. The van der Waals surface area contributed by atoms with Gasteiger partial charge in [0, 0.05) is 10.0 Å². The molecule has 1 aliphatic heterocycles. The average molecular weight is 218 g/mol. The van der Waals surface area contributed by atoms with E-state index < -0.39 is 5.54 Å². The van der Waals surface area contributed by atoms with Gasteiger partial charge in [-0.1, -0.05) is 23.2 Å². The van der Waals surface area contributed by atoms with Crippen LogP contribution in [0, 0.1) is 0 Å². The number of rotatable bonds is 1. The number of benzene rings is 1. The quantitative estimate of drug-likeness (QED) is 0.783. The minimum absolute atomic E-state index is 0.442. The Bertz CT molecular complexity index is 336. The van der Waals surface area contributed by atoms with Crippen molar-refractivity contribution in [2.45, 2.75) is 5.54 Å². The maximum atomic E-state index is 6.03. The van der Waals surface area contributed by atoms with Crippen LogP contribution in [0.4, 0.5) is 0 Å². The van der Waals surface area contributed by atoms with Gasteiger partial charge in [-0.3, -0.25) is 0 Å². The highest BCUT2D eigenvalue weighted by Crippen LogP contribution is 2.33. The van der Waals surface area contributed by atoms with Crippen LogP contribution in [0.1, 0.15) is 5.56 Å². The van der Waals surface area contributed by atoms with E-state index >= 15 is 0 Å². The average Bonchev–Trinajstić information content (AvgIpc) is 2.05. The second-order valence-corrected chi connectivity index (χ2v) is 4.12. The molecule has 1 saturated heterocycles. The zero-order valence-electron chi connectivity index (χ0n) is 6.89. The lowest BCUT2D eigenvalue weighted by atomic mass is 9.89. The van der Waals surface area contributed by atoms with Crippen molar-refractivity contribution in [1.29, 1.82) is 0 Å². The first-order chi connectivity index (χ1) is 6.12. The molecule has 1 aromatic rings. The van der Waals surface area contributed by atoms with Gasteiger partial charge in [0.1, 0.15) is 0 Å². The van der Waals surface area contributed by atoms with Crippen LogP contribution in [0.3, 0.4) is 0 Å². The van der Waals surface area contributed by atoms with E-state index in [-0.39, 0.29) is 0 Å². The maximum Gasteiger partial charge on any atom is 0.0898 e. The Morgan fingerprint density at radius 2 is 2.00 bits per heavy atom. The molecule has 0 radical (unpaired) electrons. The highest BCUT2D eigenvalue weighted by atomic mass is 35.5. The van der Waals surface area contributed by atoms with Crippen LogP contribution >= 0.6 is 23.2 Å². The van der Waals surface area contributed by atoms with Crippen molar-refractivity contribution < 1.29 is 4.74 Å². The first kappa shape index (κ1) is 9.28. The molecule has 0 bridgehead atoms. The fourth-order valence-corrected chi connectivity index (χ4v) is 1.83. The van der Waals surface area contributed by atoms with E-state index in [9.17, 15) is 0 Å². The maximum absolute atomic E-state index is 6.03. The van der Waals surface area contributed by atoms with Gasteiger partial charge in [-0.15, -0.1) is 0 Å². The third-order valence-corrected chi connectivity index (χ3v) is 2.75. The Morgan fingerprint density at radius 3 is 2.54 bits per heavy atom. The standard InChI is InChI=1S/C9H9Cl2NO/c10-6-1-2-8(11)7(3-6)9(12)4-13-5-9/h1-3H,4-5,12H2. The molecule has 1 heterocycles. The highest BCUT2D eigenvalue weighted by molar-refractivity contribution is 6.33. The summed E-state index contributed by atoms with van der Waals surface area (Å²) in [5.41, 5.74) is 6.45. The number of nitrogens with two attached hydrogens (primary N) is 1. The molecule has 0 aromatic heterocycles. The lowest BCUT2D eigenvalue weighted by Gasteiger charge is -2.38. The third-order valence-electron chi connectivity index (χ3n) is 2.18. The summed E-state index contributed by atoms with van der Waals surface area (Å²) in [5, 5.41) is 1.30. The summed E-state index contributed by atoms with van der Waals surface area (Å²) in [4.78, 5) is 0. The fraction of sp³-hybridized carbons (Fsp3) is 0.333. The fourth-order valence-electron chi connectivity index (χ4n) is 1.36. The SMILES string of the molecule is NC1(c2cc(Cl)ccc2Cl)COC1. The Morgan fingerprint density at radius 1 is 1.31 bits per heavy atom. The molecular weight excluding hydrogens is 209 g/mol. The van der Waals surface area contributed by atoms with Crippen LogP contribution in [0.25, 0.3) is 0 Å². The molecule has 13 heavy (non-hydrogen) atoms. The highest BCUT2D eigenvalue weighted by Gasteiger charge is 2.37. The van der Waals surface area contributed by atoms with Crippen LogP contribution in [-0.4, -0.2) is 13.2 Å². The van der Waals surface area contributed by atoms with Gasteiger partial charge < -0.3 is 10.5 Å². The van der Waals surface area contributed by atoms with E-state index in [1.807, 2.05) is 0 Å². The van der Waals surface area contributed by atoms with Gasteiger partial charge in [-0.05, 0) is 23.8 Å². The lowest BCUT2D eigenvalue weighted by Crippen LogP contribution is -2.54. The van der Waals surface area contributed by atoms with E-state index in [0.29, 0.717) is 23.3 Å². The Hall–Kier alpha value is -0.280. The molecule has 1 aromatic carbocycles. The molecule has 2 nitrogen and oxygen atoms in total. The predicted octanol–water partition coefficient (Wildman–Crippen LogP) is 2.18. The molecule has 1 aliphatic rings. The summed E-state index contributed by atoms with van der Waals surface area (Å²) in [5.74, 6) is 0. The summed E-state index contributed by atoms with van der Waals surface area (Å²) in [6.07, 6.45) is 0. The van der Waals surface area contributed by atoms with Crippen LogP contribution < -0.4 is 5.73 Å². The van der Waals surface area contributed by atoms with Crippen LogP contribution in [0.15, 0.2) is 18.2 Å². The molecule has 2 rings (SSSR count). The third kappa shape index (κ3) is 1.55. The Balaban J connectivity index is 2.43. The molecule has 0 saturated carbocycles. The van der Waals surface area contributed by atoms with E-state index in [4.69, 9.17) is 33.7 Å². The number of hydrogen-bond acceptors (Lipinski definition) is 2. The normalized spacial score (nSPS) is 19.6. The second kappa shape index (κ2) is 3.14. The summed E-state index contributed by atoms with van der Waals surface area (Å²) in [7, 11) is 0. The molecule has 4 heteroatoms. The van der Waals surface area contributed by atoms with Gasteiger partial charge in [0.2, 0.25) is 0 Å². The first-order valence-corrected chi connectivity index (χ1v) is 4.70. The largest absolute Gasteiger partial charge is 0.377 e. The second-order valence-electron chi connectivity index (χ2n) is 3.27.